The zero-order valence-corrected chi connectivity index (χ0v) is 6.75. The summed E-state index contributed by atoms with van der Waals surface area (Å²) < 4.78 is 11.7. The van der Waals surface area contributed by atoms with Gasteiger partial charge in [-0.25, -0.2) is 0 Å². The molecule has 1 rings (SSSR count). The van der Waals surface area contributed by atoms with Gasteiger partial charge in [0.05, 0.1) is 0 Å². The maximum absolute atomic E-state index is 11.7. The summed E-state index contributed by atoms with van der Waals surface area (Å²) >= 11 is 0. The summed E-state index contributed by atoms with van der Waals surface area (Å²) in [4.78, 5) is 9.93. The van der Waals surface area contributed by atoms with E-state index in [2.05, 4.69) is 0 Å². The van der Waals surface area contributed by atoms with Crippen LogP contribution in [0, 0.1) is 6.92 Å². The lowest BCUT2D eigenvalue weighted by Gasteiger charge is -1.92. The number of hydrogen-bond acceptors (Lipinski definition) is 1. The summed E-state index contributed by atoms with van der Waals surface area (Å²) in [6, 6.07) is 6.05. The monoisotopic (exact) mass is 164 g/mol. The highest BCUT2D eigenvalue weighted by Crippen LogP contribution is 2.04. The molecule has 62 valence electrons. The molecule has 12 heavy (non-hydrogen) atoms. The van der Waals surface area contributed by atoms with Crippen LogP contribution in [0.4, 0.5) is 4.39 Å². The van der Waals surface area contributed by atoms with Crippen molar-refractivity contribution in [1.82, 2.24) is 0 Å². The van der Waals surface area contributed by atoms with E-state index in [0.717, 1.165) is 17.2 Å². The molecule has 0 aromatic heterocycles. The molecule has 0 N–H and O–H groups in total. The Hall–Kier alpha value is -1.44. The molecule has 1 aromatic carbocycles. The first kappa shape index (κ1) is 8.65. The Bertz CT molecular complexity index is 298. The van der Waals surface area contributed by atoms with Crippen molar-refractivity contribution in [3.8, 4) is 0 Å². The van der Waals surface area contributed by atoms with Gasteiger partial charge in [-0.1, -0.05) is 29.8 Å². The van der Waals surface area contributed by atoms with Crippen LogP contribution in [0.15, 0.2) is 30.3 Å². The van der Waals surface area contributed by atoms with Gasteiger partial charge in [-0.2, -0.15) is 4.39 Å². The second-order valence-corrected chi connectivity index (χ2v) is 2.55. The van der Waals surface area contributed by atoms with Crippen molar-refractivity contribution >= 4 is 12.1 Å². The first-order chi connectivity index (χ1) is 5.68. The van der Waals surface area contributed by atoms with Crippen LogP contribution in [-0.2, 0) is 4.79 Å². The van der Waals surface area contributed by atoms with Crippen molar-refractivity contribution in [2.45, 2.75) is 6.92 Å². The van der Waals surface area contributed by atoms with Gasteiger partial charge in [0.15, 0.2) is 0 Å². The Morgan fingerprint density at radius 3 is 2.42 bits per heavy atom. The van der Waals surface area contributed by atoms with Gasteiger partial charge in [-0.15, -0.1) is 0 Å². The maximum Gasteiger partial charge on any atom is 0.324 e. The minimum absolute atomic E-state index is 0.826. The number of halogens is 1. The van der Waals surface area contributed by atoms with E-state index >= 15 is 0 Å². The molecular weight excluding hydrogens is 155 g/mol. The number of rotatable bonds is 2. The first-order valence-electron chi connectivity index (χ1n) is 3.63. The van der Waals surface area contributed by atoms with Gasteiger partial charge in [-0.3, -0.25) is 4.79 Å². The van der Waals surface area contributed by atoms with Gasteiger partial charge in [0, 0.05) is 6.08 Å². The summed E-state index contributed by atoms with van der Waals surface area (Å²) in [5.74, 6) is 0. The number of benzene rings is 1. The molecule has 0 atom stereocenters. The van der Waals surface area contributed by atoms with Crippen molar-refractivity contribution in [2.24, 2.45) is 0 Å². The minimum atomic E-state index is -1.42. The predicted octanol–water partition coefficient (Wildman–Crippen LogP) is 2.50. The predicted molar refractivity (Wildman–Crippen MR) is 46.3 cm³/mol. The number of aryl methyl sites for hydroxylation is 1. The standard InChI is InChI=1S/C10H9FO/c1-8-2-4-9(5-3-8)6-7-10(11)12/h2-7H,1H3/b7-6+. The molecule has 0 spiro atoms. The zero-order valence-electron chi connectivity index (χ0n) is 6.75. The van der Waals surface area contributed by atoms with Gasteiger partial charge in [0.1, 0.15) is 0 Å². The third kappa shape index (κ3) is 2.66. The SMILES string of the molecule is Cc1ccc(/C=C/C(=O)F)cc1. The molecule has 2 heteroatoms. The van der Waals surface area contributed by atoms with Crippen molar-refractivity contribution in [1.29, 1.82) is 0 Å². The molecule has 0 aliphatic carbocycles. The Morgan fingerprint density at radius 2 is 1.92 bits per heavy atom. The van der Waals surface area contributed by atoms with E-state index < -0.39 is 6.04 Å². The van der Waals surface area contributed by atoms with Crippen LogP contribution in [0.5, 0.6) is 0 Å². The van der Waals surface area contributed by atoms with E-state index in [4.69, 9.17) is 0 Å². The molecule has 0 amide bonds. The van der Waals surface area contributed by atoms with Crippen LogP contribution in [-0.4, -0.2) is 6.04 Å². The molecule has 0 aliphatic heterocycles. The topological polar surface area (TPSA) is 17.1 Å². The van der Waals surface area contributed by atoms with Crippen LogP contribution < -0.4 is 0 Å². The van der Waals surface area contributed by atoms with Gasteiger partial charge in [0.2, 0.25) is 0 Å². The summed E-state index contributed by atoms with van der Waals surface area (Å²) in [5.41, 5.74) is 1.96. The number of allylic oxidation sites excluding steroid dienone is 1. The van der Waals surface area contributed by atoms with Gasteiger partial charge in [-0.05, 0) is 18.6 Å². The molecule has 0 saturated heterocycles. The van der Waals surface area contributed by atoms with Crippen LogP contribution >= 0.6 is 0 Å². The summed E-state index contributed by atoms with van der Waals surface area (Å²) in [5, 5.41) is 0. The van der Waals surface area contributed by atoms with Crippen LogP contribution in [0.25, 0.3) is 6.08 Å². The van der Waals surface area contributed by atoms with Crippen LogP contribution in [0.3, 0.4) is 0 Å². The second-order valence-electron chi connectivity index (χ2n) is 2.55. The van der Waals surface area contributed by atoms with E-state index in [0.29, 0.717) is 0 Å². The van der Waals surface area contributed by atoms with Crippen molar-refractivity contribution in [2.75, 3.05) is 0 Å². The normalized spacial score (nSPS) is 10.5. The number of carbonyl (C=O) groups excluding carboxylic acids is 1. The molecule has 0 heterocycles. The Labute approximate surface area is 70.5 Å². The van der Waals surface area contributed by atoms with Crippen molar-refractivity contribution < 1.29 is 9.18 Å². The Balaban J connectivity index is 2.77. The highest BCUT2D eigenvalue weighted by molar-refractivity contribution is 5.85. The van der Waals surface area contributed by atoms with Gasteiger partial charge < -0.3 is 0 Å². The number of carbonyl (C=O) groups is 1. The van der Waals surface area contributed by atoms with Crippen molar-refractivity contribution in [3.63, 3.8) is 0 Å². The molecule has 0 saturated carbocycles. The van der Waals surface area contributed by atoms with Gasteiger partial charge >= 0.3 is 6.04 Å². The second kappa shape index (κ2) is 3.81. The van der Waals surface area contributed by atoms with Crippen LogP contribution in [0.2, 0.25) is 0 Å². The Kier molecular flexibility index (Phi) is 2.75. The highest BCUT2D eigenvalue weighted by Gasteiger charge is 1.89. The average molecular weight is 164 g/mol. The molecule has 0 unspecified atom stereocenters. The fraction of sp³-hybridized carbons (Fsp3) is 0.100. The highest BCUT2D eigenvalue weighted by atomic mass is 19.1. The third-order valence-electron chi connectivity index (χ3n) is 1.48. The molecular formula is C10H9FO. The van der Waals surface area contributed by atoms with E-state index in [1.165, 1.54) is 6.08 Å². The van der Waals surface area contributed by atoms with Gasteiger partial charge in [0.25, 0.3) is 0 Å². The lowest BCUT2D eigenvalue weighted by Crippen LogP contribution is -1.78. The molecule has 1 aromatic rings. The van der Waals surface area contributed by atoms with E-state index in [1.54, 1.807) is 0 Å². The molecule has 0 bridgehead atoms. The third-order valence-corrected chi connectivity index (χ3v) is 1.48. The smallest absolute Gasteiger partial charge is 0.256 e. The lowest BCUT2D eigenvalue weighted by atomic mass is 10.1. The number of hydrogen-bond donors (Lipinski definition) is 0. The zero-order chi connectivity index (χ0) is 8.97. The first-order valence-corrected chi connectivity index (χ1v) is 3.63. The summed E-state index contributed by atoms with van der Waals surface area (Å²) in [6.45, 7) is 1.97. The molecule has 1 nitrogen and oxygen atoms in total. The average Bonchev–Trinajstić information content (AvgIpc) is 2.03. The van der Waals surface area contributed by atoms with Crippen molar-refractivity contribution in [3.05, 3.63) is 41.5 Å². The fourth-order valence-corrected chi connectivity index (χ4v) is 0.839. The Morgan fingerprint density at radius 1 is 1.33 bits per heavy atom. The van der Waals surface area contributed by atoms with E-state index in [9.17, 15) is 9.18 Å². The largest absolute Gasteiger partial charge is 0.324 e. The van der Waals surface area contributed by atoms with E-state index in [1.807, 2.05) is 31.2 Å². The van der Waals surface area contributed by atoms with Crippen LogP contribution in [0.1, 0.15) is 11.1 Å². The lowest BCUT2D eigenvalue weighted by molar-refractivity contribution is -0.124. The molecule has 0 aliphatic rings. The summed E-state index contributed by atoms with van der Waals surface area (Å²) in [7, 11) is 0. The maximum atomic E-state index is 11.7. The molecule has 0 radical (unpaired) electrons. The quantitative estimate of drug-likeness (QED) is 0.485. The summed E-state index contributed by atoms with van der Waals surface area (Å²) in [6.07, 6.45) is 2.35. The van der Waals surface area contributed by atoms with E-state index in [-0.39, 0.29) is 0 Å². The molecule has 0 fully saturated rings. The fourth-order valence-electron chi connectivity index (χ4n) is 0.839. The minimum Gasteiger partial charge on any atom is -0.256 e.